The molecule has 0 bridgehead atoms. The molecular formula is C11H14N4S. The van der Waals surface area contributed by atoms with Crippen molar-refractivity contribution in [2.24, 2.45) is 7.05 Å². The van der Waals surface area contributed by atoms with Gasteiger partial charge in [-0.15, -0.1) is 10.2 Å². The van der Waals surface area contributed by atoms with Crippen LogP contribution in [0.2, 0.25) is 0 Å². The summed E-state index contributed by atoms with van der Waals surface area (Å²) < 4.78 is 2.00. The second-order valence-corrected chi connectivity index (χ2v) is 4.65. The van der Waals surface area contributed by atoms with Gasteiger partial charge in [0, 0.05) is 18.3 Å². The van der Waals surface area contributed by atoms with Crippen molar-refractivity contribution in [1.82, 2.24) is 14.8 Å². The summed E-state index contributed by atoms with van der Waals surface area (Å²) in [6.45, 7) is 2.10. The summed E-state index contributed by atoms with van der Waals surface area (Å²) >= 11 is 1.69. The molecule has 0 amide bonds. The molecule has 1 heterocycles. The number of anilines is 1. The van der Waals surface area contributed by atoms with Gasteiger partial charge in [0.05, 0.1) is 0 Å². The van der Waals surface area contributed by atoms with Crippen LogP contribution in [-0.2, 0) is 7.05 Å². The predicted octanol–water partition coefficient (Wildman–Crippen LogP) is 2.18. The van der Waals surface area contributed by atoms with Crippen molar-refractivity contribution in [3.63, 3.8) is 0 Å². The zero-order valence-electron chi connectivity index (χ0n) is 9.34. The van der Waals surface area contributed by atoms with E-state index in [0.717, 1.165) is 28.0 Å². The minimum Gasteiger partial charge on any atom is -0.399 e. The molecule has 0 atom stereocenters. The smallest absolute Gasteiger partial charge is 0.191 e. The fourth-order valence-electron chi connectivity index (χ4n) is 1.45. The highest BCUT2D eigenvalue weighted by atomic mass is 32.2. The Morgan fingerprint density at radius 1 is 1.25 bits per heavy atom. The minimum atomic E-state index is 0.758. The van der Waals surface area contributed by atoms with Gasteiger partial charge in [0.25, 0.3) is 0 Å². The molecule has 0 saturated heterocycles. The van der Waals surface area contributed by atoms with E-state index in [1.807, 2.05) is 35.9 Å². The predicted molar refractivity (Wildman–Crippen MR) is 67.2 cm³/mol. The third kappa shape index (κ3) is 2.04. The number of benzene rings is 1. The van der Waals surface area contributed by atoms with Crippen LogP contribution in [0.15, 0.2) is 29.4 Å². The molecule has 0 aliphatic rings. The van der Waals surface area contributed by atoms with Gasteiger partial charge >= 0.3 is 0 Å². The number of rotatable bonds is 3. The van der Waals surface area contributed by atoms with Gasteiger partial charge in [-0.3, -0.25) is 0 Å². The van der Waals surface area contributed by atoms with Crippen LogP contribution in [0.1, 0.15) is 6.92 Å². The van der Waals surface area contributed by atoms with Crippen molar-refractivity contribution in [2.75, 3.05) is 11.5 Å². The second kappa shape index (κ2) is 4.57. The maximum atomic E-state index is 5.65. The van der Waals surface area contributed by atoms with Gasteiger partial charge in [0.1, 0.15) is 0 Å². The third-order valence-electron chi connectivity index (χ3n) is 2.28. The number of thioether (sulfide) groups is 1. The first-order chi connectivity index (χ1) is 7.72. The van der Waals surface area contributed by atoms with Crippen LogP contribution in [0.5, 0.6) is 0 Å². The normalized spacial score (nSPS) is 10.6. The summed E-state index contributed by atoms with van der Waals surface area (Å²) in [4.78, 5) is 0. The lowest BCUT2D eigenvalue weighted by Crippen LogP contribution is -1.95. The first-order valence-corrected chi connectivity index (χ1v) is 6.09. The monoisotopic (exact) mass is 234 g/mol. The van der Waals surface area contributed by atoms with Crippen molar-refractivity contribution in [1.29, 1.82) is 0 Å². The Morgan fingerprint density at radius 2 is 1.94 bits per heavy atom. The zero-order chi connectivity index (χ0) is 11.5. The largest absolute Gasteiger partial charge is 0.399 e. The van der Waals surface area contributed by atoms with E-state index in [-0.39, 0.29) is 0 Å². The quantitative estimate of drug-likeness (QED) is 0.653. The SMILES string of the molecule is CCSc1nnc(-c2ccc(N)cc2)n1C. The highest BCUT2D eigenvalue weighted by molar-refractivity contribution is 7.99. The van der Waals surface area contributed by atoms with Crippen LogP contribution in [0.3, 0.4) is 0 Å². The molecule has 1 aromatic carbocycles. The molecule has 0 unspecified atom stereocenters. The molecule has 2 N–H and O–H groups in total. The number of hydrogen-bond donors (Lipinski definition) is 1. The molecule has 16 heavy (non-hydrogen) atoms. The molecular weight excluding hydrogens is 220 g/mol. The fraction of sp³-hybridized carbons (Fsp3) is 0.273. The van der Waals surface area contributed by atoms with Crippen LogP contribution in [0, 0.1) is 0 Å². The summed E-state index contributed by atoms with van der Waals surface area (Å²) in [7, 11) is 1.98. The van der Waals surface area contributed by atoms with E-state index in [1.54, 1.807) is 11.8 Å². The first kappa shape index (κ1) is 11.0. The number of nitrogens with two attached hydrogens (primary N) is 1. The van der Waals surface area contributed by atoms with Gasteiger partial charge in [0.2, 0.25) is 0 Å². The molecule has 1 aromatic heterocycles. The van der Waals surface area contributed by atoms with Gasteiger partial charge in [-0.2, -0.15) is 0 Å². The molecule has 0 fully saturated rings. The zero-order valence-corrected chi connectivity index (χ0v) is 10.2. The maximum absolute atomic E-state index is 5.65. The van der Waals surface area contributed by atoms with E-state index in [9.17, 15) is 0 Å². The molecule has 4 nitrogen and oxygen atoms in total. The van der Waals surface area contributed by atoms with E-state index in [2.05, 4.69) is 17.1 Å². The highest BCUT2D eigenvalue weighted by Crippen LogP contribution is 2.22. The molecule has 84 valence electrons. The Bertz CT molecular complexity index is 475. The molecule has 5 heteroatoms. The van der Waals surface area contributed by atoms with Crippen LogP contribution in [0.25, 0.3) is 11.4 Å². The van der Waals surface area contributed by atoms with Crippen LogP contribution < -0.4 is 5.73 Å². The summed E-state index contributed by atoms with van der Waals surface area (Å²) in [5.74, 6) is 1.87. The second-order valence-electron chi connectivity index (χ2n) is 3.42. The Labute approximate surface area is 98.9 Å². The summed E-state index contributed by atoms with van der Waals surface area (Å²) in [5.41, 5.74) is 7.44. The third-order valence-corrected chi connectivity index (χ3v) is 3.18. The van der Waals surface area contributed by atoms with E-state index in [4.69, 9.17) is 5.73 Å². The van der Waals surface area contributed by atoms with Crippen molar-refractivity contribution in [2.45, 2.75) is 12.1 Å². The van der Waals surface area contributed by atoms with Gasteiger partial charge in [-0.25, -0.2) is 0 Å². The Balaban J connectivity index is 2.37. The lowest BCUT2D eigenvalue weighted by Gasteiger charge is -2.03. The van der Waals surface area contributed by atoms with Crippen molar-refractivity contribution < 1.29 is 0 Å². The molecule has 2 aromatic rings. The first-order valence-electron chi connectivity index (χ1n) is 5.10. The topological polar surface area (TPSA) is 56.7 Å². The average molecular weight is 234 g/mol. The van der Waals surface area contributed by atoms with E-state index in [0.29, 0.717) is 0 Å². The lowest BCUT2D eigenvalue weighted by molar-refractivity contribution is 0.794. The number of aromatic nitrogens is 3. The molecule has 0 radical (unpaired) electrons. The number of hydrogen-bond acceptors (Lipinski definition) is 4. The van der Waals surface area contributed by atoms with Gasteiger partial charge in [-0.1, -0.05) is 18.7 Å². The van der Waals surface area contributed by atoms with Crippen molar-refractivity contribution in [3.05, 3.63) is 24.3 Å². The molecule has 0 spiro atoms. The fourth-order valence-corrected chi connectivity index (χ4v) is 2.09. The van der Waals surface area contributed by atoms with Crippen LogP contribution >= 0.6 is 11.8 Å². The van der Waals surface area contributed by atoms with E-state index < -0.39 is 0 Å². The molecule has 0 aliphatic heterocycles. The Hall–Kier alpha value is -1.49. The summed E-state index contributed by atoms with van der Waals surface area (Å²) in [5, 5.41) is 9.27. The highest BCUT2D eigenvalue weighted by Gasteiger charge is 2.09. The van der Waals surface area contributed by atoms with Crippen LogP contribution in [0.4, 0.5) is 5.69 Å². The van der Waals surface area contributed by atoms with Gasteiger partial charge in [0.15, 0.2) is 11.0 Å². The van der Waals surface area contributed by atoms with Gasteiger partial charge in [-0.05, 0) is 30.0 Å². The molecule has 0 aliphatic carbocycles. The Kier molecular flexibility index (Phi) is 3.14. The Morgan fingerprint density at radius 3 is 2.56 bits per heavy atom. The summed E-state index contributed by atoms with van der Waals surface area (Å²) in [6, 6.07) is 7.66. The summed E-state index contributed by atoms with van der Waals surface area (Å²) in [6.07, 6.45) is 0. The number of nitrogens with zero attached hydrogens (tertiary/aromatic N) is 3. The van der Waals surface area contributed by atoms with E-state index >= 15 is 0 Å². The molecule has 0 saturated carbocycles. The lowest BCUT2D eigenvalue weighted by atomic mass is 10.2. The van der Waals surface area contributed by atoms with E-state index in [1.165, 1.54) is 0 Å². The van der Waals surface area contributed by atoms with Crippen LogP contribution in [-0.4, -0.2) is 20.5 Å². The standard InChI is InChI=1S/C11H14N4S/c1-3-16-11-14-13-10(15(11)2)8-4-6-9(12)7-5-8/h4-7H,3,12H2,1-2H3. The van der Waals surface area contributed by atoms with Crippen molar-refractivity contribution in [3.8, 4) is 11.4 Å². The molecule has 2 rings (SSSR count). The van der Waals surface area contributed by atoms with Gasteiger partial charge < -0.3 is 10.3 Å². The minimum absolute atomic E-state index is 0.758. The number of nitrogen functional groups attached to an aromatic ring is 1. The average Bonchev–Trinajstić information content (AvgIpc) is 2.63. The maximum Gasteiger partial charge on any atom is 0.191 e. The van der Waals surface area contributed by atoms with Crippen molar-refractivity contribution >= 4 is 17.4 Å².